The Balaban J connectivity index is 2.09. The Morgan fingerprint density at radius 3 is 2.67 bits per heavy atom. The van der Waals surface area contributed by atoms with Gasteiger partial charge in [-0.15, -0.1) is 0 Å². The molecule has 2 aromatic carbocycles. The number of fused-ring (bicyclic) bond motifs is 1. The number of carbonyl (C=O) groups is 2. The maximum atomic E-state index is 14.2. The minimum absolute atomic E-state index is 0.0274. The van der Waals surface area contributed by atoms with Crippen LogP contribution < -0.4 is 10.2 Å². The number of benzene rings is 2. The van der Waals surface area contributed by atoms with Gasteiger partial charge in [0.05, 0.1) is 22.6 Å². The molecular formula is C15H11FN2O3. The Morgan fingerprint density at radius 2 is 1.95 bits per heavy atom. The molecule has 21 heavy (non-hydrogen) atoms. The molecule has 0 bridgehead atoms. The van der Waals surface area contributed by atoms with Crippen molar-refractivity contribution in [3.05, 3.63) is 53.8 Å². The molecule has 0 radical (unpaired) electrons. The lowest BCUT2D eigenvalue weighted by Gasteiger charge is -2.31. The number of anilines is 3. The fraction of sp³-hybridized carbons (Fsp3) is 0.0667. The van der Waals surface area contributed by atoms with Gasteiger partial charge in [0.25, 0.3) is 0 Å². The molecule has 5 nitrogen and oxygen atoms in total. The maximum absolute atomic E-state index is 14.2. The third kappa shape index (κ3) is 2.31. The number of halogens is 1. The highest BCUT2D eigenvalue weighted by Gasteiger charge is 2.25. The van der Waals surface area contributed by atoms with Gasteiger partial charge in [0.2, 0.25) is 5.91 Å². The Morgan fingerprint density at radius 1 is 1.19 bits per heavy atom. The topological polar surface area (TPSA) is 69.6 Å². The summed E-state index contributed by atoms with van der Waals surface area (Å²) in [5.74, 6) is -2.13. The maximum Gasteiger partial charge on any atom is 0.335 e. The second-order valence-corrected chi connectivity index (χ2v) is 4.62. The predicted octanol–water partition coefficient (Wildman–Crippen LogP) is 2.61. The number of hydrogen-bond acceptors (Lipinski definition) is 3. The molecule has 2 N–H and O–H groups in total. The molecule has 1 aliphatic heterocycles. The van der Waals surface area contributed by atoms with Crippen LogP contribution in [-0.2, 0) is 4.79 Å². The van der Waals surface area contributed by atoms with Crippen LogP contribution in [0, 0.1) is 5.82 Å². The summed E-state index contributed by atoms with van der Waals surface area (Å²) < 4.78 is 14.2. The van der Waals surface area contributed by atoms with Crippen molar-refractivity contribution in [3.8, 4) is 0 Å². The van der Waals surface area contributed by atoms with E-state index in [4.69, 9.17) is 5.11 Å². The van der Waals surface area contributed by atoms with Gasteiger partial charge in [0.1, 0.15) is 12.4 Å². The number of amides is 1. The zero-order valence-electron chi connectivity index (χ0n) is 10.8. The molecule has 0 fully saturated rings. The highest BCUT2D eigenvalue weighted by atomic mass is 19.1. The van der Waals surface area contributed by atoms with E-state index in [-0.39, 0.29) is 23.7 Å². The summed E-state index contributed by atoms with van der Waals surface area (Å²) in [5.41, 5.74) is 1.29. The summed E-state index contributed by atoms with van der Waals surface area (Å²) in [4.78, 5) is 24.1. The van der Waals surface area contributed by atoms with Crippen LogP contribution in [0.3, 0.4) is 0 Å². The van der Waals surface area contributed by atoms with Gasteiger partial charge in [-0.1, -0.05) is 12.1 Å². The van der Waals surface area contributed by atoms with Gasteiger partial charge in [-0.2, -0.15) is 0 Å². The van der Waals surface area contributed by atoms with E-state index >= 15 is 0 Å². The summed E-state index contributed by atoms with van der Waals surface area (Å²) >= 11 is 0. The molecule has 2 aromatic rings. The fourth-order valence-corrected chi connectivity index (χ4v) is 2.31. The van der Waals surface area contributed by atoms with Gasteiger partial charge >= 0.3 is 5.97 Å². The van der Waals surface area contributed by atoms with E-state index in [1.807, 2.05) is 0 Å². The highest BCUT2D eigenvalue weighted by Crippen LogP contribution is 2.36. The summed E-state index contributed by atoms with van der Waals surface area (Å²) in [6, 6.07) is 10.7. The summed E-state index contributed by atoms with van der Waals surface area (Å²) in [5, 5.41) is 11.6. The molecule has 1 aliphatic rings. The third-order valence-electron chi connectivity index (χ3n) is 3.26. The summed E-state index contributed by atoms with van der Waals surface area (Å²) in [6.45, 7) is -0.0274. The molecule has 1 amide bonds. The second-order valence-electron chi connectivity index (χ2n) is 4.62. The normalized spacial score (nSPS) is 13.6. The first-order valence-corrected chi connectivity index (χ1v) is 6.25. The molecule has 0 aliphatic carbocycles. The number of para-hydroxylation sites is 2. The van der Waals surface area contributed by atoms with E-state index in [9.17, 15) is 14.0 Å². The monoisotopic (exact) mass is 286 g/mol. The molecule has 0 aromatic heterocycles. The highest BCUT2D eigenvalue weighted by molar-refractivity contribution is 6.03. The number of aromatic carboxylic acids is 1. The molecule has 0 atom stereocenters. The van der Waals surface area contributed by atoms with Crippen LogP contribution in [0.1, 0.15) is 10.4 Å². The van der Waals surface area contributed by atoms with Crippen LogP contribution in [0.4, 0.5) is 21.5 Å². The van der Waals surface area contributed by atoms with Gasteiger partial charge < -0.3 is 15.3 Å². The van der Waals surface area contributed by atoms with Crippen LogP contribution in [-0.4, -0.2) is 23.5 Å². The zero-order valence-corrected chi connectivity index (χ0v) is 10.8. The molecule has 0 saturated heterocycles. The van der Waals surface area contributed by atoms with Crippen molar-refractivity contribution in [2.24, 2.45) is 0 Å². The number of carboxylic acids is 1. The SMILES string of the molecule is O=C1CN(c2ccc(C(=O)O)cc2F)c2ccccc2N1. The molecule has 0 unspecified atom stereocenters. The van der Waals surface area contributed by atoms with E-state index in [0.717, 1.165) is 6.07 Å². The minimum Gasteiger partial charge on any atom is -0.478 e. The van der Waals surface area contributed by atoms with Crippen LogP contribution >= 0.6 is 0 Å². The quantitative estimate of drug-likeness (QED) is 0.890. The first kappa shape index (κ1) is 13.1. The van der Waals surface area contributed by atoms with Crippen molar-refractivity contribution in [1.82, 2.24) is 0 Å². The predicted molar refractivity (Wildman–Crippen MR) is 75.4 cm³/mol. The number of rotatable bonds is 2. The van der Waals surface area contributed by atoms with Crippen LogP contribution in [0.5, 0.6) is 0 Å². The van der Waals surface area contributed by atoms with E-state index in [1.165, 1.54) is 17.0 Å². The van der Waals surface area contributed by atoms with Crippen LogP contribution in [0.15, 0.2) is 42.5 Å². The lowest BCUT2D eigenvalue weighted by atomic mass is 10.1. The van der Waals surface area contributed by atoms with E-state index in [2.05, 4.69) is 5.32 Å². The van der Waals surface area contributed by atoms with Crippen molar-refractivity contribution in [1.29, 1.82) is 0 Å². The zero-order chi connectivity index (χ0) is 15.0. The fourth-order valence-electron chi connectivity index (χ4n) is 2.31. The van der Waals surface area contributed by atoms with Gasteiger partial charge in [-0.3, -0.25) is 4.79 Å². The van der Waals surface area contributed by atoms with Crippen molar-refractivity contribution in [2.45, 2.75) is 0 Å². The van der Waals surface area contributed by atoms with Crippen molar-refractivity contribution >= 4 is 28.9 Å². The number of carbonyl (C=O) groups excluding carboxylic acids is 1. The third-order valence-corrected chi connectivity index (χ3v) is 3.26. The smallest absolute Gasteiger partial charge is 0.335 e. The van der Waals surface area contributed by atoms with E-state index in [1.54, 1.807) is 24.3 Å². The number of hydrogen-bond donors (Lipinski definition) is 2. The Hall–Kier alpha value is -2.89. The first-order valence-electron chi connectivity index (χ1n) is 6.25. The summed E-state index contributed by atoms with van der Waals surface area (Å²) in [6.07, 6.45) is 0. The summed E-state index contributed by atoms with van der Waals surface area (Å²) in [7, 11) is 0. The standard InChI is InChI=1S/C15H11FN2O3/c16-10-7-9(15(20)21)5-6-12(10)18-8-14(19)17-11-3-1-2-4-13(11)18/h1-7H,8H2,(H,17,19)(H,20,21). The van der Waals surface area contributed by atoms with Crippen LogP contribution in [0.25, 0.3) is 0 Å². The van der Waals surface area contributed by atoms with Crippen molar-refractivity contribution in [2.75, 3.05) is 16.8 Å². The molecule has 6 heteroatoms. The molecule has 3 rings (SSSR count). The van der Waals surface area contributed by atoms with Crippen molar-refractivity contribution in [3.63, 3.8) is 0 Å². The van der Waals surface area contributed by atoms with Gasteiger partial charge in [-0.25, -0.2) is 9.18 Å². The molecule has 0 spiro atoms. The number of nitrogens with one attached hydrogen (secondary N) is 1. The lowest BCUT2D eigenvalue weighted by Crippen LogP contribution is -2.35. The van der Waals surface area contributed by atoms with E-state index < -0.39 is 11.8 Å². The largest absolute Gasteiger partial charge is 0.478 e. The van der Waals surface area contributed by atoms with Crippen molar-refractivity contribution < 1.29 is 19.1 Å². The van der Waals surface area contributed by atoms with Gasteiger partial charge in [0, 0.05) is 0 Å². The second kappa shape index (κ2) is 4.90. The number of nitrogens with zero attached hydrogens (tertiary/aromatic N) is 1. The molecular weight excluding hydrogens is 275 g/mol. The average molecular weight is 286 g/mol. The Bertz CT molecular complexity index is 745. The van der Waals surface area contributed by atoms with E-state index in [0.29, 0.717) is 11.4 Å². The Kier molecular flexibility index (Phi) is 3.06. The average Bonchev–Trinajstić information content (AvgIpc) is 2.46. The van der Waals surface area contributed by atoms with Gasteiger partial charge in [0.15, 0.2) is 0 Å². The molecule has 0 saturated carbocycles. The van der Waals surface area contributed by atoms with Crippen LogP contribution in [0.2, 0.25) is 0 Å². The molecule has 1 heterocycles. The van der Waals surface area contributed by atoms with Gasteiger partial charge in [-0.05, 0) is 30.3 Å². The minimum atomic E-state index is -1.20. The number of carboxylic acid groups (broad SMARTS) is 1. The first-order chi connectivity index (χ1) is 10.1. The molecule has 106 valence electrons. The lowest BCUT2D eigenvalue weighted by molar-refractivity contribution is -0.115. The Labute approximate surface area is 119 Å².